The number of nitrogens with one attached hydrogen (secondary N) is 2. The number of aromatic nitrogens is 2. The fourth-order valence-electron chi connectivity index (χ4n) is 5.99. The maximum Gasteiger partial charge on any atom is 0.138 e. The first-order valence-corrected chi connectivity index (χ1v) is 14.5. The molecule has 1 aliphatic carbocycles. The van der Waals surface area contributed by atoms with Gasteiger partial charge in [0.1, 0.15) is 5.82 Å². The summed E-state index contributed by atoms with van der Waals surface area (Å²) < 4.78 is 0. The van der Waals surface area contributed by atoms with Gasteiger partial charge in [0.25, 0.3) is 0 Å². The molecule has 0 spiro atoms. The standard InChI is InChI=1S/C37H38N4/c1-7-9-33(38-4)36-30(25-15-12-23(2)13-16-25)20-28-21-35(41(5)6)29(22-31(28)36)26-10-8-11-27(19-26)37-39-32-17-14-24(3)18-34(32)40-37/h8-19,21-22,38H,7,20H2,1-6H3,(H,39,40)/b33-9-. The first kappa shape index (κ1) is 26.6. The van der Waals surface area contributed by atoms with Crippen LogP contribution in [0.2, 0.25) is 0 Å². The first-order valence-electron chi connectivity index (χ1n) is 14.5. The van der Waals surface area contributed by atoms with Gasteiger partial charge in [-0.3, -0.25) is 0 Å². The van der Waals surface area contributed by atoms with Crippen LogP contribution in [0.25, 0.3) is 44.7 Å². The van der Waals surface area contributed by atoms with Crippen LogP contribution in [0.4, 0.5) is 5.69 Å². The van der Waals surface area contributed by atoms with Crippen LogP contribution in [-0.2, 0) is 6.42 Å². The fourth-order valence-corrected chi connectivity index (χ4v) is 5.99. The largest absolute Gasteiger partial charge is 0.388 e. The van der Waals surface area contributed by atoms with E-state index in [1.165, 1.54) is 61.5 Å². The third-order valence-corrected chi connectivity index (χ3v) is 8.07. The molecule has 0 unspecified atom stereocenters. The zero-order valence-corrected chi connectivity index (χ0v) is 24.9. The molecule has 41 heavy (non-hydrogen) atoms. The smallest absolute Gasteiger partial charge is 0.138 e. The number of hydrogen-bond donors (Lipinski definition) is 2. The molecule has 1 heterocycles. The lowest BCUT2D eigenvalue weighted by molar-refractivity contribution is 1.02. The molecule has 0 atom stereocenters. The van der Waals surface area contributed by atoms with E-state index in [0.717, 1.165) is 35.3 Å². The molecule has 0 saturated heterocycles. The minimum Gasteiger partial charge on any atom is -0.388 e. The Kier molecular flexibility index (Phi) is 7.00. The Bertz CT molecular complexity index is 1820. The molecular weight excluding hydrogens is 500 g/mol. The van der Waals surface area contributed by atoms with Crippen molar-refractivity contribution in [3.05, 3.63) is 118 Å². The number of imidazole rings is 1. The summed E-state index contributed by atoms with van der Waals surface area (Å²) in [6.07, 6.45) is 4.19. The van der Waals surface area contributed by atoms with Gasteiger partial charge in [0.05, 0.1) is 11.0 Å². The maximum atomic E-state index is 4.90. The zero-order valence-electron chi connectivity index (χ0n) is 24.9. The molecule has 1 aliphatic rings. The number of aromatic amines is 1. The second-order valence-electron chi connectivity index (χ2n) is 11.3. The van der Waals surface area contributed by atoms with Crippen LogP contribution in [0, 0.1) is 13.8 Å². The number of anilines is 1. The Hall–Kier alpha value is -4.57. The number of H-pyrrole nitrogens is 1. The lowest BCUT2D eigenvalue weighted by atomic mass is 9.93. The summed E-state index contributed by atoms with van der Waals surface area (Å²) >= 11 is 0. The molecule has 0 bridgehead atoms. The van der Waals surface area contributed by atoms with Crippen LogP contribution in [0.1, 0.15) is 41.2 Å². The molecule has 4 aromatic carbocycles. The SMILES string of the molecule is CC/C=C(\NC)C1=C(c2ccc(C)cc2)Cc2cc(N(C)C)c(-c3cccc(-c4nc5ccc(C)cc5[nH]4)c3)cc21. The van der Waals surface area contributed by atoms with Crippen LogP contribution in [0.5, 0.6) is 0 Å². The highest BCUT2D eigenvalue weighted by atomic mass is 15.1. The van der Waals surface area contributed by atoms with Crippen molar-refractivity contribution in [3.8, 4) is 22.5 Å². The van der Waals surface area contributed by atoms with E-state index in [-0.39, 0.29) is 0 Å². The average Bonchev–Trinajstić information content (AvgIpc) is 3.57. The van der Waals surface area contributed by atoms with Crippen molar-refractivity contribution in [3.63, 3.8) is 0 Å². The molecule has 2 N–H and O–H groups in total. The minimum absolute atomic E-state index is 0.894. The third kappa shape index (κ3) is 4.95. The van der Waals surface area contributed by atoms with E-state index >= 15 is 0 Å². The third-order valence-electron chi connectivity index (χ3n) is 8.07. The molecule has 6 rings (SSSR count). The summed E-state index contributed by atoms with van der Waals surface area (Å²) in [7, 11) is 6.31. The van der Waals surface area contributed by atoms with Gasteiger partial charge in [-0.2, -0.15) is 0 Å². The van der Waals surface area contributed by atoms with Crippen LogP contribution in [0.3, 0.4) is 0 Å². The lowest BCUT2D eigenvalue weighted by Crippen LogP contribution is -2.12. The maximum absolute atomic E-state index is 4.90. The Morgan fingerprint density at radius 3 is 2.37 bits per heavy atom. The number of likely N-dealkylation sites (N-methyl/N-ethyl adjacent to an activating group) is 1. The van der Waals surface area contributed by atoms with E-state index in [2.05, 4.69) is 135 Å². The van der Waals surface area contributed by atoms with Gasteiger partial charge in [-0.05, 0) is 90.4 Å². The molecule has 0 amide bonds. The van der Waals surface area contributed by atoms with Gasteiger partial charge >= 0.3 is 0 Å². The topological polar surface area (TPSA) is 44.0 Å². The summed E-state index contributed by atoms with van der Waals surface area (Å²) in [5.74, 6) is 0.894. The van der Waals surface area contributed by atoms with E-state index in [9.17, 15) is 0 Å². The molecule has 0 aliphatic heterocycles. The van der Waals surface area contributed by atoms with Crippen molar-refractivity contribution >= 4 is 27.9 Å². The Morgan fingerprint density at radius 1 is 0.878 bits per heavy atom. The van der Waals surface area contributed by atoms with Gasteiger partial charge in [0.15, 0.2) is 0 Å². The van der Waals surface area contributed by atoms with Gasteiger partial charge in [-0.25, -0.2) is 4.98 Å². The van der Waals surface area contributed by atoms with Crippen LogP contribution in [0.15, 0.2) is 90.6 Å². The molecule has 4 nitrogen and oxygen atoms in total. The summed E-state index contributed by atoms with van der Waals surface area (Å²) in [4.78, 5) is 10.7. The number of aryl methyl sites for hydroxylation is 2. The molecule has 0 fully saturated rings. The molecule has 1 aromatic heterocycles. The quantitative estimate of drug-likeness (QED) is 0.218. The summed E-state index contributed by atoms with van der Waals surface area (Å²) in [5, 5.41) is 3.52. The molecule has 4 heteroatoms. The van der Waals surface area contributed by atoms with E-state index in [4.69, 9.17) is 4.98 Å². The number of rotatable bonds is 7. The monoisotopic (exact) mass is 538 g/mol. The first-order chi connectivity index (χ1) is 19.9. The number of nitrogens with zero attached hydrogens (tertiary/aromatic N) is 2. The second-order valence-corrected chi connectivity index (χ2v) is 11.3. The molecule has 206 valence electrons. The van der Waals surface area contributed by atoms with Crippen molar-refractivity contribution in [2.24, 2.45) is 0 Å². The fraction of sp³-hybridized carbons (Fsp3) is 0.216. The molecule has 5 aromatic rings. The van der Waals surface area contributed by atoms with E-state index in [1.54, 1.807) is 0 Å². The predicted molar refractivity (Wildman–Crippen MR) is 175 cm³/mol. The van der Waals surface area contributed by atoms with E-state index in [0.29, 0.717) is 0 Å². The number of benzene rings is 4. The molecule has 0 radical (unpaired) electrons. The van der Waals surface area contributed by atoms with Crippen LogP contribution in [-0.4, -0.2) is 31.1 Å². The summed E-state index contributed by atoms with van der Waals surface area (Å²) in [6, 6.07) is 28.9. The Balaban J connectivity index is 1.52. The highest BCUT2D eigenvalue weighted by Crippen LogP contribution is 2.46. The van der Waals surface area contributed by atoms with Gasteiger partial charge in [0, 0.05) is 49.2 Å². The summed E-state index contributed by atoms with van der Waals surface area (Å²) in [5.41, 5.74) is 17.1. The molecule has 0 saturated carbocycles. The average molecular weight is 539 g/mol. The number of fused-ring (bicyclic) bond motifs is 2. The zero-order chi connectivity index (χ0) is 28.7. The lowest BCUT2D eigenvalue weighted by Gasteiger charge is -2.21. The van der Waals surface area contributed by atoms with Crippen molar-refractivity contribution < 1.29 is 0 Å². The predicted octanol–water partition coefficient (Wildman–Crippen LogP) is 8.56. The number of hydrogen-bond acceptors (Lipinski definition) is 3. The minimum atomic E-state index is 0.894. The number of allylic oxidation sites excluding steroid dienone is 3. The second kappa shape index (κ2) is 10.8. The van der Waals surface area contributed by atoms with Gasteiger partial charge < -0.3 is 15.2 Å². The van der Waals surface area contributed by atoms with E-state index in [1.807, 2.05) is 7.05 Å². The van der Waals surface area contributed by atoms with Crippen molar-refractivity contribution in [2.75, 3.05) is 26.0 Å². The van der Waals surface area contributed by atoms with Gasteiger partial charge in [0.2, 0.25) is 0 Å². The van der Waals surface area contributed by atoms with Crippen molar-refractivity contribution in [1.29, 1.82) is 0 Å². The van der Waals surface area contributed by atoms with Crippen LogP contribution >= 0.6 is 0 Å². The Labute approximate surface area is 243 Å². The highest BCUT2D eigenvalue weighted by molar-refractivity contribution is 6.05. The van der Waals surface area contributed by atoms with Gasteiger partial charge in [-0.1, -0.05) is 67.1 Å². The van der Waals surface area contributed by atoms with Crippen molar-refractivity contribution in [1.82, 2.24) is 15.3 Å². The summed E-state index contributed by atoms with van der Waals surface area (Å²) in [6.45, 7) is 6.46. The van der Waals surface area contributed by atoms with E-state index < -0.39 is 0 Å². The Morgan fingerprint density at radius 2 is 1.63 bits per heavy atom. The highest BCUT2D eigenvalue weighted by Gasteiger charge is 2.27. The van der Waals surface area contributed by atoms with Gasteiger partial charge in [-0.15, -0.1) is 0 Å². The normalized spacial score (nSPS) is 13.2. The molecular formula is C37H38N4. The van der Waals surface area contributed by atoms with Crippen LogP contribution < -0.4 is 10.2 Å². The van der Waals surface area contributed by atoms with Crippen molar-refractivity contribution in [2.45, 2.75) is 33.6 Å².